The summed E-state index contributed by atoms with van der Waals surface area (Å²) < 4.78 is 12.9. The molecule has 1 heterocycles. The Labute approximate surface area is 76.6 Å². The van der Waals surface area contributed by atoms with Gasteiger partial charge in [-0.1, -0.05) is 6.92 Å². The molecule has 0 saturated carbocycles. The van der Waals surface area contributed by atoms with E-state index in [9.17, 15) is 4.39 Å². The summed E-state index contributed by atoms with van der Waals surface area (Å²) in [5.74, 6) is -0.176. The van der Waals surface area contributed by atoms with Gasteiger partial charge >= 0.3 is 0 Å². The lowest BCUT2D eigenvalue weighted by Crippen LogP contribution is -1.80. The lowest BCUT2D eigenvalue weighted by molar-refractivity contribution is 0.629. The Bertz CT molecular complexity index is 417. The molecule has 0 atom stereocenters. The van der Waals surface area contributed by atoms with Crippen LogP contribution in [0, 0.1) is 12.2 Å². The van der Waals surface area contributed by atoms with Crippen molar-refractivity contribution in [3.63, 3.8) is 0 Å². The predicted molar refractivity (Wildman–Crippen MR) is 51.9 cm³/mol. The summed E-state index contributed by atoms with van der Waals surface area (Å²) in [6.45, 7) is 2.00. The fourth-order valence-electron chi connectivity index (χ4n) is 1.54. The van der Waals surface area contributed by atoms with Gasteiger partial charge in [0.15, 0.2) is 0 Å². The number of aromatic amines is 1. The van der Waals surface area contributed by atoms with Crippen LogP contribution in [0.2, 0.25) is 0 Å². The summed E-state index contributed by atoms with van der Waals surface area (Å²) in [4.78, 5) is 3.11. The number of rotatable bonds is 2. The molecular formula is C11H11FN. The van der Waals surface area contributed by atoms with E-state index in [0.29, 0.717) is 0 Å². The van der Waals surface area contributed by atoms with E-state index >= 15 is 0 Å². The summed E-state index contributed by atoms with van der Waals surface area (Å²) in [7, 11) is 0. The molecule has 0 saturated heterocycles. The highest BCUT2D eigenvalue weighted by molar-refractivity contribution is 5.83. The van der Waals surface area contributed by atoms with Gasteiger partial charge in [0.2, 0.25) is 0 Å². The third kappa shape index (κ3) is 1.44. The molecule has 1 aromatic heterocycles. The Morgan fingerprint density at radius 2 is 2.31 bits per heavy atom. The number of nitrogens with one attached hydrogen (secondary N) is 1. The molecule has 67 valence electrons. The fourth-order valence-corrected chi connectivity index (χ4v) is 1.54. The molecule has 0 bridgehead atoms. The second-order valence-electron chi connectivity index (χ2n) is 3.12. The zero-order chi connectivity index (χ0) is 9.26. The maximum absolute atomic E-state index is 12.9. The minimum absolute atomic E-state index is 0.176. The van der Waals surface area contributed by atoms with E-state index in [1.807, 2.05) is 13.1 Å². The van der Waals surface area contributed by atoms with Crippen LogP contribution in [-0.2, 0) is 6.42 Å². The molecule has 13 heavy (non-hydrogen) atoms. The first kappa shape index (κ1) is 8.30. The number of benzene rings is 1. The minimum atomic E-state index is -0.176. The van der Waals surface area contributed by atoms with Gasteiger partial charge in [0.05, 0.1) is 0 Å². The number of fused-ring (bicyclic) bond motifs is 1. The van der Waals surface area contributed by atoms with Gasteiger partial charge in [0, 0.05) is 17.1 Å². The van der Waals surface area contributed by atoms with Gasteiger partial charge in [-0.25, -0.2) is 4.39 Å². The van der Waals surface area contributed by atoms with Gasteiger partial charge < -0.3 is 4.98 Å². The molecule has 1 aromatic carbocycles. The Morgan fingerprint density at radius 1 is 1.46 bits per heavy atom. The number of aromatic nitrogens is 1. The van der Waals surface area contributed by atoms with E-state index in [4.69, 9.17) is 0 Å². The number of hydrogen-bond acceptors (Lipinski definition) is 0. The zero-order valence-corrected chi connectivity index (χ0v) is 7.47. The molecule has 0 spiro atoms. The molecule has 0 amide bonds. The van der Waals surface area contributed by atoms with E-state index in [1.54, 1.807) is 12.1 Å². The average Bonchev–Trinajstić information content (AvgIpc) is 2.49. The Hall–Kier alpha value is -1.31. The van der Waals surface area contributed by atoms with Crippen LogP contribution in [0.5, 0.6) is 0 Å². The lowest BCUT2D eigenvalue weighted by atomic mass is 10.1. The van der Waals surface area contributed by atoms with E-state index in [2.05, 4.69) is 11.4 Å². The number of hydrogen-bond donors (Lipinski definition) is 1. The van der Waals surface area contributed by atoms with Crippen LogP contribution in [0.25, 0.3) is 10.9 Å². The first-order valence-corrected chi connectivity index (χ1v) is 4.34. The fraction of sp³-hybridized carbons (Fsp3) is 0.182. The molecule has 1 nitrogen and oxygen atoms in total. The van der Waals surface area contributed by atoms with Gasteiger partial charge in [-0.05, 0) is 36.6 Å². The molecule has 0 fully saturated rings. The Kier molecular flexibility index (Phi) is 2.05. The molecular weight excluding hydrogens is 165 g/mol. The summed E-state index contributed by atoms with van der Waals surface area (Å²) >= 11 is 0. The van der Waals surface area contributed by atoms with Crippen molar-refractivity contribution in [2.75, 3.05) is 0 Å². The SMILES string of the molecule is C[CH]Cc1c[nH]c2ccc(F)cc12. The normalized spacial score (nSPS) is 10.9. The molecule has 0 aliphatic carbocycles. The van der Waals surface area contributed by atoms with Gasteiger partial charge in [0.25, 0.3) is 0 Å². The Balaban J connectivity index is 2.58. The molecule has 2 rings (SSSR count). The van der Waals surface area contributed by atoms with Gasteiger partial charge in [-0.3, -0.25) is 0 Å². The van der Waals surface area contributed by atoms with Crippen molar-refractivity contribution in [1.82, 2.24) is 4.98 Å². The molecule has 2 aromatic rings. The molecule has 2 heteroatoms. The molecule has 0 aliphatic rings. The van der Waals surface area contributed by atoms with Crippen molar-refractivity contribution in [3.05, 3.63) is 42.2 Å². The van der Waals surface area contributed by atoms with Crippen LogP contribution in [0.3, 0.4) is 0 Å². The van der Waals surface area contributed by atoms with Crippen LogP contribution in [-0.4, -0.2) is 4.98 Å². The summed E-state index contributed by atoms with van der Waals surface area (Å²) in [5, 5.41) is 0.984. The van der Waals surface area contributed by atoms with E-state index in [-0.39, 0.29) is 5.82 Å². The number of halogens is 1. The highest BCUT2D eigenvalue weighted by Crippen LogP contribution is 2.20. The van der Waals surface area contributed by atoms with E-state index < -0.39 is 0 Å². The number of H-pyrrole nitrogens is 1. The molecule has 1 N–H and O–H groups in total. The van der Waals surface area contributed by atoms with E-state index in [1.165, 1.54) is 6.07 Å². The van der Waals surface area contributed by atoms with E-state index in [0.717, 1.165) is 22.9 Å². The second kappa shape index (κ2) is 3.21. The topological polar surface area (TPSA) is 15.8 Å². The summed E-state index contributed by atoms with van der Waals surface area (Å²) in [6, 6.07) is 4.81. The van der Waals surface area contributed by atoms with Crippen LogP contribution in [0.4, 0.5) is 4.39 Å². The quantitative estimate of drug-likeness (QED) is 0.723. The summed E-state index contributed by atoms with van der Waals surface area (Å²) in [5.41, 5.74) is 2.15. The summed E-state index contributed by atoms with van der Waals surface area (Å²) in [6.07, 6.45) is 4.88. The standard InChI is InChI=1S/C11H11FN/c1-2-3-8-7-13-11-5-4-9(12)6-10(8)11/h2,4-7,13H,3H2,1H3. The first-order chi connectivity index (χ1) is 6.31. The first-order valence-electron chi connectivity index (χ1n) is 4.34. The zero-order valence-electron chi connectivity index (χ0n) is 7.47. The average molecular weight is 176 g/mol. The third-order valence-electron chi connectivity index (χ3n) is 2.15. The highest BCUT2D eigenvalue weighted by atomic mass is 19.1. The van der Waals surface area contributed by atoms with Crippen molar-refractivity contribution >= 4 is 10.9 Å². The molecule has 0 unspecified atom stereocenters. The van der Waals surface area contributed by atoms with Crippen molar-refractivity contribution < 1.29 is 4.39 Å². The van der Waals surface area contributed by atoms with Crippen LogP contribution in [0.1, 0.15) is 12.5 Å². The van der Waals surface area contributed by atoms with Gasteiger partial charge in [-0.2, -0.15) is 0 Å². The van der Waals surface area contributed by atoms with Crippen molar-refractivity contribution in [3.8, 4) is 0 Å². The Morgan fingerprint density at radius 3 is 3.08 bits per heavy atom. The predicted octanol–water partition coefficient (Wildman–Crippen LogP) is 3.07. The lowest BCUT2D eigenvalue weighted by Gasteiger charge is -1.95. The third-order valence-corrected chi connectivity index (χ3v) is 2.15. The maximum atomic E-state index is 12.9. The van der Waals surface area contributed by atoms with Crippen molar-refractivity contribution in [2.45, 2.75) is 13.3 Å². The smallest absolute Gasteiger partial charge is 0.123 e. The van der Waals surface area contributed by atoms with Gasteiger partial charge in [-0.15, -0.1) is 0 Å². The monoisotopic (exact) mass is 176 g/mol. The minimum Gasteiger partial charge on any atom is -0.361 e. The van der Waals surface area contributed by atoms with Crippen LogP contribution in [0.15, 0.2) is 24.4 Å². The highest BCUT2D eigenvalue weighted by Gasteiger charge is 2.03. The molecule has 0 aliphatic heterocycles. The second-order valence-corrected chi connectivity index (χ2v) is 3.12. The van der Waals surface area contributed by atoms with Crippen LogP contribution < -0.4 is 0 Å². The molecule has 1 radical (unpaired) electrons. The van der Waals surface area contributed by atoms with Crippen LogP contribution >= 0.6 is 0 Å². The maximum Gasteiger partial charge on any atom is 0.123 e. The van der Waals surface area contributed by atoms with Gasteiger partial charge in [0.1, 0.15) is 5.82 Å². The van der Waals surface area contributed by atoms with Crippen molar-refractivity contribution in [1.29, 1.82) is 0 Å². The van der Waals surface area contributed by atoms with Crippen molar-refractivity contribution in [2.24, 2.45) is 0 Å². The largest absolute Gasteiger partial charge is 0.361 e.